The van der Waals surface area contributed by atoms with Crippen LogP contribution in [0.4, 0.5) is 11.4 Å². The highest BCUT2D eigenvalue weighted by atomic mass is 16.6. The molecule has 1 N–H and O–H groups in total. The highest BCUT2D eigenvalue weighted by Gasteiger charge is 2.19. The summed E-state index contributed by atoms with van der Waals surface area (Å²) in [6.07, 6.45) is 0. The van der Waals surface area contributed by atoms with Gasteiger partial charge in [0.05, 0.1) is 22.8 Å². The molecule has 1 heterocycles. The van der Waals surface area contributed by atoms with Crippen LogP contribution in [0.2, 0.25) is 0 Å². The molecule has 7 heteroatoms. The molecule has 0 saturated carbocycles. The number of nitrogens with one attached hydrogen (secondary N) is 1. The maximum atomic E-state index is 12.4. The lowest BCUT2D eigenvalue weighted by Gasteiger charge is -2.10. The van der Waals surface area contributed by atoms with Gasteiger partial charge in [0, 0.05) is 6.07 Å². The zero-order valence-electron chi connectivity index (χ0n) is 14.0. The van der Waals surface area contributed by atoms with Crippen molar-refractivity contribution in [3.63, 3.8) is 0 Å². The number of hydrogen-bond donors (Lipinski definition) is 1. The summed E-state index contributed by atoms with van der Waals surface area (Å²) in [4.78, 5) is 23.1. The first-order chi connectivity index (χ1) is 12.6. The first kappa shape index (κ1) is 17.2. The molecule has 0 bridgehead atoms. The van der Waals surface area contributed by atoms with E-state index in [9.17, 15) is 14.9 Å². The fourth-order valence-corrected chi connectivity index (χ4v) is 2.48. The van der Waals surface area contributed by atoms with Crippen LogP contribution in [0.3, 0.4) is 0 Å². The number of nitro benzene ring substituents is 1. The highest BCUT2D eigenvalue weighted by molar-refractivity contribution is 6.03. The number of hydrogen-bond acceptors (Lipinski definition) is 5. The molecular weight excluding hydrogens is 336 g/mol. The molecule has 0 aliphatic heterocycles. The Hall–Kier alpha value is -3.61. The first-order valence-corrected chi connectivity index (χ1v) is 7.97. The summed E-state index contributed by atoms with van der Waals surface area (Å²) in [6, 6.07) is 16.3. The van der Waals surface area contributed by atoms with E-state index in [0.717, 1.165) is 0 Å². The second-order valence-corrected chi connectivity index (χ2v) is 5.32. The topological polar surface area (TPSA) is 94.6 Å². The third-order valence-corrected chi connectivity index (χ3v) is 3.63. The number of rotatable bonds is 6. The van der Waals surface area contributed by atoms with Crippen LogP contribution in [0.15, 0.2) is 65.1 Å². The van der Waals surface area contributed by atoms with Crippen LogP contribution in [-0.2, 0) is 0 Å². The van der Waals surface area contributed by atoms with Crippen molar-refractivity contribution in [1.29, 1.82) is 0 Å². The van der Waals surface area contributed by atoms with E-state index in [-0.39, 0.29) is 17.2 Å². The highest BCUT2D eigenvalue weighted by Crippen LogP contribution is 2.31. The summed E-state index contributed by atoms with van der Waals surface area (Å²) in [6.45, 7) is 2.32. The van der Waals surface area contributed by atoms with Gasteiger partial charge in [-0.1, -0.05) is 24.3 Å². The molecule has 3 rings (SSSR count). The molecular formula is C19H16N2O5. The smallest absolute Gasteiger partial charge is 0.291 e. The summed E-state index contributed by atoms with van der Waals surface area (Å²) in [7, 11) is 0. The summed E-state index contributed by atoms with van der Waals surface area (Å²) in [5.74, 6) is 0.376. The third-order valence-electron chi connectivity index (χ3n) is 3.63. The number of anilines is 1. The van der Waals surface area contributed by atoms with Gasteiger partial charge in [0.2, 0.25) is 0 Å². The van der Waals surface area contributed by atoms with Gasteiger partial charge in [-0.2, -0.15) is 0 Å². The number of furan rings is 1. The summed E-state index contributed by atoms with van der Waals surface area (Å²) < 4.78 is 11.0. The van der Waals surface area contributed by atoms with Crippen LogP contribution < -0.4 is 10.1 Å². The van der Waals surface area contributed by atoms with Gasteiger partial charge in [0.1, 0.15) is 11.5 Å². The lowest BCUT2D eigenvalue weighted by Crippen LogP contribution is -2.12. The monoisotopic (exact) mass is 352 g/mol. The minimum absolute atomic E-state index is 0.0458. The molecule has 0 atom stereocenters. The van der Waals surface area contributed by atoms with Gasteiger partial charge in [-0.25, -0.2) is 0 Å². The van der Waals surface area contributed by atoms with Gasteiger partial charge >= 0.3 is 0 Å². The normalized spacial score (nSPS) is 10.3. The number of benzene rings is 2. The molecule has 0 aliphatic rings. The average molecular weight is 352 g/mol. The number of carbonyl (C=O) groups is 1. The van der Waals surface area contributed by atoms with Crippen molar-refractivity contribution in [2.45, 2.75) is 6.92 Å². The van der Waals surface area contributed by atoms with E-state index in [4.69, 9.17) is 9.15 Å². The lowest BCUT2D eigenvalue weighted by atomic mass is 10.1. The van der Waals surface area contributed by atoms with Crippen molar-refractivity contribution >= 4 is 17.3 Å². The summed E-state index contributed by atoms with van der Waals surface area (Å²) in [5.41, 5.74) is 0.741. The Kier molecular flexibility index (Phi) is 4.98. The Bertz CT molecular complexity index is 948. The molecule has 1 aromatic heterocycles. The van der Waals surface area contributed by atoms with Crippen LogP contribution in [0.25, 0.3) is 11.3 Å². The average Bonchev–Trinajstić information content (AvgIpc) is 3.13. The predicted molar refractivity (Wildman–Crippen MR) is 96.4 cm³/mol. The van der Waals surface area contributed by atoms with Crippen LogP contribution in [0.1, 0.15) is 17.5 Å². The molecule has 7 nitrogen and oxygen atoms in total. The van der Waals surface area contributed by atoms with Gasteiger partial charge in [0.25, 0.3) is 11.6 Å². The van der Waals surface area contributed by atoms with Gasteiger partial charge in [-0.15, -0.1) is 0 Å². The maximum absolute atomic E-state index is 12.4. The SMILES string of the molecule is CCOc1ccccc1NC(=O)c1ccc(-c2ccccc2[N+](=O)[O-])o1. The van der Waals surface area contributed by atoms with Crippen molar-refractivity contribution < 1.29 is 18.9 Å². The van der Waals surface area contributed by atoms with E-state index < -0.39 is 10.8 Å². The Morgan fingerprint density at radius 3 is 2.62 bits per heavy atom. The van der Waals surface area contributed by atoms with Crippen molar-refractivity contribution in [3.05, 3.63) is 76.5 Å². The Morgan fingerprint density at radius 2 is 1.85 bits per heavy atom. The van der Waals surface area contributed by atoms with E-state index in [1.54, 1.807) is 42.5 Å². The Morgan fingerprint density at radius 1 is 1.12 bits per heavy atom. The molecule has 0 spiro atoms. The zero-order chi connectivity index (χ0) is 18.5. The van der Waals surface area contributed by atoms with Crippen LogP contribution in [0, 0.1) is 10.1 Å². The second-order valence-electron chi connectivity index (χ2n) is 5.32. The van der Waals surface area contributed by atoms with E-state index in [1.165, 1.54) is 18.2 Å². The van der Waals surface area contributed by atoms with E-state index >= 15 is 0 Å². The van der Waals surface area contributed by atoms with Crippen molar-refractivity contribution in [1.82, 2.24) is 0 Å². The molecule has 26 heavy (non-hydrogen) atoms. The summed E-state index contributed by atoms with van der Waals surface area (Å²) >= 11 is 0. The number of ether oxygens (including phenoxy) is 1. The quantitative estimate of drug-likeness (QED) is 0.520. The lowest BCUT2D eigenvalue weighted by molar-refractivity contribution is -0.384. The van der Waals surface area contributed by atoms with Gasteiger partial charge in [-0.05, 0) is 37.3 Å². The molecule has 2 aromatic carbocycles. The van der Waals surface area contributed by atoms with Gasteiger partial charge < -0.3 is 14.5 Å². The van der Waals surface area contributed by atoms with Crippen LogP contribution >= 0.6 is 0 Å². The second kappa shape index (κ2) is 7.52. The van der Waals surface area contributed by atoms with Crippen molar-refractivity contribution in [3.8, 4) is 17.1 Å². The molecule has 0 fully saturated rings. The minimum atomic E-state index is -0.490. The Labute approximate surface area is 149 Å². The predicted octanol–water partition coefficient (Wildman–Crippen LogP) is 4.51. The molecule has 3 aromatic rings. The standard InChI is InChI=1S/C19H16N2O5/c1-2-25-17-10-6-4-8-14(17)20-19(22)18-12-11-16(26-18)13-7-3-5-9-15(13)21(23)24/h3-12H,2H2,1H3,(H,20,22). The van der Waals surface area contributed by atoms with E-state index in [1.807, 2.05) is 6.92 Å². The van der Waals surface area contributed by atoms with Crippen molar-refractivity contribution in [2.75, 3.05) is 11.9 Å². The maximum Gasteiger partial charge on any atom is 0.291 e. The summed E-state index contributed by atoms with van der Waals surface area (Å²) in [5, 5.41) is 13.9. The first-order valence-electron chi connectivity index (χ1n) is 7.97. The largest absolute Gasteiger partial charge is 0.492 e. The Balaban J connectivity index is 1.85. The molecule has 1 amide bonds. The number of nitrogens with zero attached hydrogens (tertiary/aromatic N) is 1. The van der Waals surface area contributed by atoms with E-state index in [0.29, 0.717) is 23.6 Å². The molecule has 0 aliphatic carbocycles. The van der Waals surface area contributed by atoms with Gasteiger partial charge in [-0.3, -0.25) is 14.9 Å². The number of para-hydroxylation sites is 3. The fraction of sp³-hybridized carbons (Fsp3) is 0.105. The molecule has 132 valence electrons. The van der Waals surface area contributed by atoms with E-state index in [2.05, 4.69) is 5.32 Å². The number of amides is 1. The van der Waals surface area contributed by atoms with Gasteiger partial charge in [0.15, 0.2) is 5.76 Å². The minimum Gasteiger partial charge on any atom is -0.492 e. The number of carbonyl (C=O) groups excluding carboxylic acids is 1. The van der Waals surface area contributed by atoms with Crippen LogP contribution in [0.5, 0.6) is 5.75 Å². The molecule has 0 radical (unpaired) electrons. The molecule has 0 saturated heterocycles. The fourth-order valence-electron chi connectivity index (χ4n) is 2.48. The third kappa shape index (κ3) is 3.56. The number of nitro groups is 1. The molecule has 0 unspecified atom stereocenters. The van der Waals surface area contributed by atoms with Crippen LogP contribution in [-0.4, -0.2) is 17.4 Å². The van der Waals surface area contributed by atoms with Crippen molar-refractivity contribution in [2.24, 2.45) is 0 Å². The zero-order valence-corrected chi connectivity index (χ0v) is 14.0.